The van der Waals surface area contributed by atoms with Gasteiger partial charge < -0.3 is 0 Å². The van der Waals surface area contributed by atoms with Gasteiger partial charge in [0.2, 0.25) is 0 Å². The maximum absolute atomic E-state index is 3.74. The van der Waals surface area contributed by atoms with E-state index >= 15 is 0 Å². The van der Waals surface area contributed by atoms with Gasteiger partial charge in [-0.1, -0.05) is 79.9 Å². The summed E-state index contributed by atoms with van der Waals surface area (Å²) in [6.07, 6.45) is 5.16. The van der Waals surface area contributed by atoms with Crippen LogP contribution in [-0.4, -0.2) is 5.33 Å². The van der Waals surface area contributed by atoms with Crippen molar-refractivity contribution in [2.45, 2.75) is 51.9 Å². The van der Waals surface area contributed by atoms with Gasteiger partial charge in [0.1, 0.15) is 0 Å². The zero-order valence-electron chi connectivity index (χ0n) is 11.4. The lowest BCUT2D eigenvalue weighted by Gasteiger charge is -2.32. The van der Waals surface area contributed by atoms with E-state index in [-0.39, 0.29) is 0 Å². The normalized spacial score (nSPS) is 14.9. The third-order valence-corrected chi connectivity index (χ3v) is 4.83. The lowest BCUT2D eigenvalue weighted by atomic mass is 9.75. The Morgan fingerprint density at radius 2 is 1.82 bits per heavy atom. The highest BCUT2D eigenvalue weighted by atomic mass is 79.9. The molecule has 0 heterocycles. The van der Waals surface area contributed by atoms with Gasteiger partial charge >= 0.3 is 0 Å². The van der Waals surface area contributed by atoms with E-state index in [0.29, 0.717) is 5.41 Å². The van der Waals surface area contributed by atoms with Crippen molar-refractivity contribution in [3.63, 3.8) is 0 Å². The second-order valence-electron chi connectivity index (χ2n) is 5.42. The quantitative estimate of drug-likeness (QED) is 0.578. The van der Waals surface area contributed by atoms with E-state index in [9.17, 15) is 0 Å². The fraction of sp³-hybridized carbons (Fsp3) is 0.625. The number of hydrogen-bond donors (Lipinski definition) is 0. The van der Waals surface area contributed by atoms with Crippen LogP contribution in [-0.2, 0) is 5.41 Å². The third-order valence-electron chi connectivity index (χ3n) is 3.76. The topological polar surface area (TPSA) is 0 Å². The van der Waals surface area contributed by atoms with Crippen molar-refractivity contribution in [1.29, 1.82) is 0 Å². The maximum Gasteiger partial charge on any atom is 0.0128 e. The molecule has 0 radical (unpaired) electrons. The Bertz CT molecular complexity index is 299. The van der Waals surface area contributed by atoms with E-state index in [1.54, 1.807) is 0 Å². The zero-order chi connectivity index (χ0) is 12.7. The van der Waals surface area contributed by atoms with Crippen molar-refractivity contribution in [2.24, 2.45) is 5.92 Å². The van der Waals surface area contributed by atoms with Crippen LogP contribution in [0.15, 0.2) is 30.3 Å². The molecule has 1 aromatic carbocycles. The SMILES string of the molecule is CCC(CBr)(CCCC(C)C)c1ccccc1. The first-order valence-electron chi connectivity index (χ1n) is 6.76. The molecule has 96 valence electrons. The van der Waals surface area contributed by atoms with Crippen molar-refractivity contribution in [3.05, 3.63) is 35.9 Å². The molecule has 0 aliphatic carbocycles. The van der Waals surface area contributed by atoms with Gasteiger partial charge in [-0.3, -0.25) is 0 Å². The molecule has 1 rings (SSSR count). The van der Waals surface area contributed by atoms with Crippen LogP contribution in [0.1, 0.15) is 52.0 Å². The van der Waals surface area contributed by atoms with Crippen molar-refractivity contribution < 1.29 is 0 Å². The van der Waals surface area contributed by atoms with Crippen LogP contribution >= 0.6 is 15.9 Å². The average Bonchev–Trinajstić information content (AvgIpc) is 2.36. The molecule has 0 amide bonds. The second-order valence-corrected chi connectivity index (χ2v) is 5.98. The Labute approximate surface area is 115 Å². The summed E-state index contributed by atoms with van der Waals surface area (Å²) in [6, 6.07) is 11.0. The Hall–Kier alpha value is -0.300. The smallest absolute Gasteiger partial charge is 0.0128 e. The van der Waals surface area contributed by atoms with Gasteiger partial charge in [0.25, 0.3) is 0 Å². The fourth-order valence-corrected chi connectivity index (χ4v) is 3.40. The highest BCUT2D eigenvalue weighted by molar-refractivity contribution is 9.09. The molecule has 17 heavy (non-hydrogen) atoms. The molecule has 1 atom stereocenters. The Kier molecular flexibility index (Phi) is 6.26. The highest BCUT2D eigenvalue weighted by Gasteiger charge is 2.28. The molecular formula is C16H25Br. The van der Waals surface area contributed by atoms with Crippen LogP contribution in [0.3, 0.4) is 0 Å². The summed E-state index contributed by atoms with van der Waals surface area (Å²) < 4.78 is 0. The minimum absolute atomic E-state index is 0.330. The monoisotopic (exact) mass is 296 g/mol. The molecular weight excluding hydrogens is 272 g/mol. The lowest BCUT2D eigenvalue weighted by molar-refractivity contribution is 0.391. The Balaban J connectivity index is 2.75. The summed E-state index contributed by atoms with van der Waals surface area (Å²) >= 11 is 3.74. The van der Waals surface area contributed by atoms with Crippen LogP contribution in [0.25, 0.3) is 0 Å². The molecule has 1 heteroatoms. The summed E-state index contributed by atoms with van der Waals surface area (Å²) in [4.78, 5) is 0. The van der Waals surface area contributed by atoms with Crippen molar-refractivity contribution >= 4 is 15.9 Å². The van der Waals surface area contributed by atoms with E-state index < -0.39 is 0 Å². The first kappa shape index (κ1) is 14.8. The van der Waals surface area contributed by atoms with Crippen LogP contribution in [0.2, 0.25) is 0 Å². The second kappa shape index (κ2) is 7.20. The van der Waals surface area contributed by atoms with Crippen molar-refractivity contribution in [2.75, 3.05) is 5.33 Å². The Morgan fingerprint density at radius 3 is 2.29 bits per heavy atom. The largest absolute Gasteiger partial charge is 0.0918 e. The van der Waals surface area contributed by atoms with Gasteiger partial charge in [0.15, 0.2) is 0 Å². The predicted molar refractivity (Wildman–Crippen MR) is 80.9 cm³/mol. The first-order chi connectivity index (χ1) is 8.14. The molecule has 1 aromatic rings. The summed E-state index contributed by atoms with van der Waals surface area (Å²) in [6.45, 7) is 6.93. The molecule has 0 N–H and O–H groups in total. The first-order valence-corrected chi connectivity index (χ1v) is 7.88. The Morgan fingerprint density at radius 1 is 1.18 bits per heavy atom. The van der Waals surface area contributed by atoms with E-state index in [1.165, 1.54) is 31.2 Å². The van der Waals surface area contributed by atoms with E-state index in [1.807, 2.05) is 0 Å². The molecule has 0 saturated heterocycles. The average molecular weight is 297 g/mol. The number of halogens is 1. The van der Waals surface area contributed by atoms with Crippen molar-refractivity contribution in [1.82, 2.24) is 0 Å². The molecule has 0 fully saturated rings. The number of rotatable bonds is 7. The molecule has 0 aromatic heterocycles. The van der Waals surface area contributed by atoms with E-state index in [4.69, 9.17) is 0 Å². The molecule has 0 nitrogen and oxygen atoms in total. The zero-order valence-corrected chi connectivity index (χ0v) is 13.0. The lowest BCUT2D eigenvalue weighted by Crippen LogP contribution is -2.27. The number of alkyl halides is 1. The molecule has 0 spiro atoms. The summed E-state index contributed by atoms with van der Waals surface area (Å²) in [7, 11) is 0. The van der Waals surface area contributed by atoms with Gasteiger partial charge in [-0.05, 0) is 24.3 Å². The van der Waals surface area contributed by atoms with Gasteiger partial charge in [-0.15, -0.1) is 0 Å². The van der Waals surface area contributed by atoms with Gasteiger partial charge in [0, 0.05) is 10.7 Å². The standard InChI is InChI=1S/C16H25Br/c1-4-16(13-17,12-8-9-14(2)3)15-10-6-5-7-11-15/h5-7,10-11,14H,4,8-9,12-13H2,1-3H3. The highest BCUT2D eigenvalue weighted by Crippen LogP contribution is 2.35. The molecule has 0 aliphatic heterocycles. The van der Waals surface area contributed by atoms with Crippen molar-refractivity contribution in [3.8, 4) is 0 Å². The van der Waals surface area contributed by atoms with Crippen LogP contribution in [0.5, 0.6) is 0 Å². The molecule has 0 bridgehead atoms. The van der Waals surface area contributed by atoms with E-state index in [0.717, 1.165) is 11.2 Å². The van der Waals surface area contributed by atoms with Crippen LogP contribution in [0, 0.1) is 5.92 Å². The number of benzene rings is 1. The minimum atomic E-state index is 0.330. The third kappa shape index (κ3) is 4.13. The summed E-state index contributed by atoms with van der Waals surface area (Å²) in [5, 5.41) is 1.07. The van der Waals surface area contributed by atoms with Crippen LogP contribution < -0.4 is 0 Å². The fourth-order valence-electron chi connectivity index (χ4n) is 2.40. The number of hydrogen-bond acceptors (Lipinski definition) is 0. The van der Waals surface area contributed by atoms with Gasteiger partial charge in [-0.2, -0.15) is 0 Å². The minimum Gasteiger partial charge on any atom is -0.0918 e. The maximum atomic E-state index is 3.74. The summed E-state index contributed by atoms with van der Waals surface area (Å²) in [5.41, 5.74) is 1.82. The van der Waals surface area contributed by atoms with E-state index in [2.05, 4.69) is 67.0 Å². The summed E-state index contributed by atoms with van der Waals surface area (Å²) in [5.74, 6) is 0.815. The predicted octanol–water partition coefficient (Wildman–Crippen LogP) is 5.56. The van der Waals surface area contributed by atoms with Gasteiger partial charge in [0.05, 0.1) is 0 Å². The van der Waals surface area contributed by atoms with Gasteiger partial charge in [-0.25, -0.2) is 0 Å². The molecule has 1 unspecified atom stereocenters. The van der Waals surface area contributed by atoms with Crippen LogP contribution in [0.4, 0.5) is 0 Å². The molecule has 0 aliphatic rings. The molecule has 0 saturated carbocycles.